The summed E-state index contributed by atoms with van der Waals surface area (Å²) in [6, 6.07) is 36.5. The van der Waals surface area contributed by atoms with Crippen molar-refractivity contribution < 1.29 is 0 Å². The predicted octanol–water partition coefficient (Wildman–Crippen LogP) is 7.25. The molecular formula is C25H20N2. The monoisotopic (exact) mass is 348 g/mol. The van der Waals surface area contributed by atoms with E-state index >= 15 is 0 Å². The van der Waals surface area contributed by atoms with Crippen LogP contribution in [0.5, 0.6) is 0 Å². The topological polar surface area (TPSA) is 6.48 Å². The van der Waals surface area contributed by atoms with Crippen LogP contribution in [0.3, 0.4) is 0 Å². The standard InChI is InChI=1S/C25H20N2/c1-19-15-17-21(18-16-19)27-24-13-7-5-11-22(24)26(20-9-3-2-4-10-20)23-12-6-8-14-25(23)27/h2-18H,1H3. The van der Waals surface area contributed by atoms with Gasteiger partial charge in [0.2, 0.25) is 0 Å². The van der Waals surface area contributed by atoms with Crippen molar-refractivity contribution in [1.29, 1.82) is 0 Å². The van der Waals surface area contributed by atoms with Crippen molar-refractivity contribution in [2.24, 2.45) is 0 Å². The first-order valence-corrected chi connectivity index (χ1v) is 9.23. The van der Waals surface area contributed by atoms with Crippen molar-refractivity contribution in [3.8, 4) is 0 Å². The van der Waals surface area contributed by atoms with E-state index in [-0.39, 0.29) is 0 Å². The van der Waals surface area contributed by atoms with E-state index in [1.165, 1.54) is 39.7 Å². The second-order valence-corrected chi connectivity index (χ2v) is 6.82. The molecule has 0 bridgehead atoms. The van der Waals surface area contributed by atoms with Gasteiger partial charge < -0.3 is 9.80 Å². The lowest BCUT2D eigenvalue weighted by Gasteiger charge is -2.40. The highest BCUT2D eigenvalue weighted by Gasteiger charge is 2.29. The minimum absolute atomic E-state index is 1.17. The van der Waals surface area contributed by atoms with Crippen molar-refractivity contribution >= 4 is 34.1 Å². The largest absolute Gasteiger partial charge is 0.306 e. The van der Waals surface area contributed by atoms with Crippen LogP contribution in [0.1, 0.15) is 5.56 Å². The molecule has 1 aliphatic rings. The molecule has 0 N–H and O–H groups in total. The molecular weight excluding hydrogens is 328 g/mol. The van der Waals surface area contributed by atoms with E-state index in [1.54, 1.807) is 0 Å². The molecule has 0 saturated heterocycles. The van der Waals surface area contributed by atoms with E-state index in [4.69, 9.17) is 0 Å². The minimum atomic E-state index is 1.17. The van der Waals surface area contributed by atoms with E-state index in [0.717, 1.165) is 0 Å². The van der Waals surface area contributed by atoms with E-state index in [9.17, 15) is 0 Å². The Morgan fingerprint density at radius 1 is 0.407 bits per heavy atom. The number of anilines is 6. The molecule has 4 aromatic carbocycles. The number of hydrogen-bond donors (Lipinski definition) is 0. The number of hydrogen-bond acceptors (Lipinski definition) is 2. The first-order chi connectivity index (χ1) is 13.3. The highest BCUT2D eigenvalue weighted by molar-refractivity contribution is 6.01. The maximum atomic E-state index is 2.35. The lowest BCUT2D eigenvalue weighted by molar-refractivity contribution is 1.17. The summed E-state index contributed by atoms with van der Waals surface area (Å²) in [7, 11) is 0. The number of fused-ring (bicyclic) bond motifs is 2. The quantitative estimate of drug-likeness (QED) is 0.331. The summed E-state index contributed by atoms with van der Waals surface area (Å²) in [5.41, 5.74) is 8.34. The van der Waals surface area contributed by atoms with Gasteiger partial charge in [0, 0.05) is 11.4 Å². The Labute approximate surface area is 159 Å². The summed E-state index contributed by atoms with van der Waals surface area (Å²) in [6.45, 7) is 2.12. The van der Waals surface area contributed by atoms with Crippen LogP contribution in [0, 0.1) is 6.92 Å². The second kappa shape index (κ2) is 6.33. The summed E-state index contributed by atoms with van der Waals surface area (Å²) >= 11 is 0. The normalized spacial score (nSPS) is 12.5. The van der Waals surface area contributed by atoms with Crippen LogP contribution in [0.4, 0.5) is 34.1 Å². The first kappa shape index (κ1) is 15.7. The third kappa shape index (κ3) is 2.58. The van der Waals surface area contributed by atoms with Gasteiger partial charge in [-0.1, -0.05) is 60.2 Å². The van der Waals surface area contributed by atoms with Gasteiger partial charge in [-0.05, 0) is 55.5 Å². The highest BCUT2D eigenvalue weighted by Crippen LogP contribution is 2.53. The van der Waals surface area contributed by atoms with Crippen LogP contribution in [0.25, 0.3) is 0 Å². The van der Waals surface area contributed by atoms with Gasteiger partial charge in [0.1, 0.15) is 0 Å². The Hall–Kier alpha value is -3.52. The third-order valence-corrected chi connectivity index (χ3v) is 5.03. The summed E-state index contributed by atoms with van der Waals surface area (Å²) in [4.78, 5) is 4.69. The SMILES string of the molecule is Cc1ccc(N2c3ccccc3N(c3ccccc3)c3ccccc32)cc1. The molecule has 0 aromatic heterocycles. The molecule has 0 fully saturated rings. The molecule has 1 heterocycles. The average Bonchev–Trinajstić information content (AvgIpc) is 2.73. The highest BCUT2D eigenvalue weighted by atomic mass is 15.3. The number of nitrogens with zero attached hydrogens (tertiary/aromatic N) is 2. The molecule has 0 radical (unpaired) electrons. The maximum Gasteiger partial charge on any atom is 0.0703 e. The van der Waals surface area contributed by atoms with Gasteiger partial charge in [-0.15, -0.1) is 0 Å². The Kier molecular flexibility index (Phi) is 3.68. The summed E-state index contributed by atoms with van der Waals surface area (Å²) in [5, 5.41) is 0. The molecule has 0 saturated carbocycles. The molecule has 5 rings (SSSR count). The Morgan fingerprint density at radius 2 is 0.778 bits per heavy atom. The Balaban J connectivity index is 1.78. The molecule has 130 valence electrons. The van der Waals surface area contributed by atoms with Gasteiger partial charge in [0.15, 0.2) is 0 Å². The zero-order valence-electron chi connectivity index (χ0n) is 15.2. The maximum absolute atomic E-state index is 2.35. The zero-order chi connectivity index (χ0) is 18.2. The molecule has 2 nitrogen and oxygen atoms in total. The van der Waals surface area contributed by atoms with Gasteiger partial charge in [0.25, 0.3) is 0 Å². The minimum Gasteiger partial charge on any atom is -0.306 e. The van der Waals surface area contributed by atoms with Crippen molar-refractivity contribution in [1.82, 2.24) is 0 Å². The molecule has 0 amide bonds. The summed E-state index contributed by atoms with van der Waals surface area (Å²) < 4.78 is 0. The van der Waals surface area contributed by atoms with Crippen LogP contribution < -0.4 is 9.80 Å². The zero-order valence-corrected chi connectivity index (χ0v) is 15.2. The number of para-hydroxylation sites is 5. The lowest BCUT2D eigenvalue weighted by Crippen LogP contribution is -2.23. The van der Waals surface area contributed by atoms with Crippen LogP contribution in [-0.2, 0) is 0 Å². The number of aryl methyl sites for hydroxylation is 1. The molecule has 4 aromatic rings. The van der Waals surface area contributed by atoms with E-state index in [2.05, 4.69) is 120 Å². The average molecular weight is 348 g/mol. The Bertz CT molecular complexity index is 1040. The van der Waals surface area contributed by atoms with E-state index < -0.39 is 0 Å². The molecule has 0 aliphatic carbocycles. The van der Waals surface area contributed by atoms with Gasteiger partial charge in [0.05, 0.1) is 22.7 Å². The van der Waals surface area contributed by atoms with Gasteiger partial charge >= 0.3 is 0 Å². The van der Waals surface area contributed by atoms with E-state index in [1.807, 2.05) is 0 Å². The Morgan fingerprint density at radius 3 is 1.22 bits per heavy atom. The summed E-state index contributed by atoms with van der Waals surface area (Å²) in [6.07, 6.45) is 0. The number of benzene rings is 4. The molecule has 0 unspecified atom stereocenters. The predicted molar refractivity (Wildman–Crippen MR) is 114 cm³/mol. The van der Waals surface area contributed by atoms with Crippen LogP contribution >= 0.6 is 0 Å². The van der Waals surface area contributed by atoms with Crippen molar-refractivity contribution in [2.45, 2.75) is 6.92 Å². The van der Waals surface area contributed by atoms with Crippen LogP contribution in [-0.4, -0.2) is 0 Å². The molecule has 1 aliphatic heterocycles. The molecule has 0 spiro atoms. The summed E-state index contributed by atoms with van der Waals surface area (Å²) in [5.74, 6) is 0. The van der Waals surface area contributed by atoms with Crippen molar-refractivity contribution in [2.75, 3.05) is 9.80 Å². The van der Waals surface area contributed by atoms with Crippen LogP contribution in [0.2, 0.25) is 0 Å². The third-order valence-electron chi connectivity index (χ3n) is 5.03. The van der Waals surface area contributed by atoms with Gasteiger partial charge in [-0.3, -0.25) is 0 Å². The second-order valence-electron chi connectivity index (χ2n) is 6.82. The van der Waals surface area contributed by atoms with E-state index in [0.29, 0.717) is 0 Å². The fraction of sp³-hybridized carbons (Fsp3) is 0.0400. The molecule has 27 heavy (non-hydrogen) atoms. The fourth-order valence-electron chi connectivity index (χ4n) is 3.77. The van der Waals surface area contributed by atoms with Crippen molar-refractivity contribution in [3.63, 3.8) is 0 Å². The fourth-order valence-corrected chi connectivity index (χ4v) is 3.77. The first-order valence-electron chi connectivity index (χ1n) is 9.23. The van der Waals surface area contributed by atoms with Gasteiger partial charge in [-0.25, -0.2) is 0 Å². The lowest BCUT2D eigenvalue weighted by atomic mass is 10.0. The van der Waals surface area contributed by atoms with Gasteiger partial charge in [-0.2, -0.15) is 0 Å². The van der Waals surface area contributed by atoms with Crippen molar-refractivity contribution in [3.05, 3.63) is 109 Å². The number of rotatable bonds is 2. The smallest absolute Gasteiger partial charge is 0.0703 e. The molecule has 2 heteroatoms. The van der Waals surface area contributed by atoms with Crippen LogP contribution in [0.15, 0.2) is 103 Å². The molecule has 0 atom stereocenters.